The number of nitrogens with one attached hydrogen (secondary N) is 1. The number of halogens is 2. The van der Waals surface area contributed by atoms with Gasteiger partial charge in [-0.3, -0.25) is 0 Å². The maximum Gasteiger partial charge on any atom is 0.229 e. The molecule has 0 bridgehead atoms. The minimum atomic E-state index is 0.516. The van der Waals surface area contributed by atoms with Crippen molar-refractivity contribution < 1.29 is 0 Å². The van der Waals surface area contributed by atoms with E-state index in [1.165, 1.54) is 0 Å². The van der Waals surface area contributed by atoms with Crippen LogP contribution in [0.3, 0.4) is 0 Å². The Morgan fingerprint density at radius 3 is 2.68 bits per heavy atom. The summed E-state index contributed by atoms with van der Waals surface area (Å²) >= 11 is 12.2. The first-order chi connectivity index (χ1) is 10.5. The van der Waals surface area contributed by atoms with Gasteiger partial charge in [0, 0.05) is 30.4 Å². The van der Waals surface area contributed by atoms with Gasteiger partial charge in [0.15, 0.2) is 0 Å². The molecule has 4 nitrogen and oxygen atoms in total. The van der Waals surface area contributed by atoms with Gasteiger partial charge in [0.1, 0.15) is 5.82 Å². The maximum atomic E-state index is 6.17. The molecule has 118 valence electrons. The van der Waals surface area contributed by atoms with Gasteiger partial charge in [0.2, 0.25) is 5.95 Å². The molecule has 0 aliphatic heterocycles. The highest BCUT2D eigenvalue weighted by atomic mass is 35.5. The van der Waals surface area contributed by atoms with Gasteiger partial charge in [-0.05, 0) is 31.5 Å². The molecule has 1 heterocycles. The molecule has 0 aliphatic rings. The summed E-state index contributed by atoms with van der Waals surface area (Å²) in [6.07, 6.45) is 2.28. The molecule has 0 aliphatic carbocycles. The van der Waals surface area contributed by atoms with Crippen LogP contribution in [-0.2, 0) is 0 Å². The lowest BCUT2D eigenvalue weighted by molar-refractivity contribution is 0.758. The fourth-order valence-corrected chi connectivity index (χ4v) is 2.36. The molecule has 1 aromatic carbocycles. The molecule has 22 heavy (non-hydrogen) atoms. The lowest BCUT2D eigenvalue weighted by Crippen LogP contribution is -2.20. The number of rotatable bonds is 6. The summed E-state index contributed by atoms with van der Waals surface area (Å²) in [6.45, 7) is 5.08. The lowest BCUT2D eigenvalue weighted by Gasteiger charge is -2.19. The van der Waals surface area contributed by atoms with Crippen LogP contribution in [0.4, 0.5) is 17.5 Å². The molecule has 6 heteroatoms. The quantitative estimate of drug-likeness (QED) is 0.798. The summed E-state index contributed by atoms with van der Waals surface area (Å²) in [5.74, 6) is 1.41. The zero-order valence-electron chi connectivity index (χ0n) is 13.0. The summed E-state index contributed by atoms with van der Waals surface area (Å²) in [6, 6.07) is 7.23. The summed E-state index contributed by atoms with van der Waals surface area (Å²) < 4.78 is 0. The first kappa shape index (κ1) is 16.8. The minimum Gasteiger partial charge on any atom is -0.360 e. The van der Waals surface area contributed by atoms with Gasteiger partial charge in [0.25, 0.3) is 0 Å². The Kier molecular flexibility index (Phi) is 5.86. The van der Waals surface area contributed by atoms with Gasteiger partial charge in [-0.25, -0.2) is 4.98 Å². The fourth-order valence-electron chi connectivity index (χ4n) is 2.03. The van der Waals surface area contributed by atoms with Crippen LogP contribution in [0.25, 0.3) is 0 Å². The molecule has 0 saturated carbocycles. The summed E-state index contributed by atoms with van der Waals surface area (Å²) in [4.78, 5) is 11.1. The van der Waals surface area contributed by atoms with Crippen molar-refractivity contribution >= 4 is 40.7 Å². The third-order valence-corrected chi connectivity index (χ3v) is 3.82. The molecule has 0 fully saturated rings. The SMILES string of the molecule is CCCCN(C)c1cc(C)nc(Nc2cc(Cl)ccc2Cl)n1. The highest BCUT2D eigenvalue weighted by Crippen LogP contribution is 2.28. The number of aryl methyl sites for hydroxylation is 1. The molecule has 0 radical (unpaired) electrons. The lowest BCUT2D eigenvalue weighted by atomic mass is 10.3. The number of anilines is 3. The van der Waals surface area contributed by atoms with Crippen molar-refractivity contribution in [1.29, 1.82) is 0 Å². The van der Waals surface area contributed by atoms with Crippen LogP contribution in [0.15, 0.2) is 24.3 Å². The molecule has 0 atom stereocenters. The van der Waals surface area contributed by atoms with Crippen molar-refractivity contribution in [2.45, 2.75) is 26.7 Å². The minimum absolute atomic E-state index is 0.516. The van der Waals surface area contributed by atoms with E-state index in [-0.39, 0.29) is 0 Å². The monoisotopic (exact) mass is 338 g/mol. The molecular formula is C16H20Cl2N4. The second kappa shape index (κ2) is 7.65. The first-order valence-electron chi connectivity index (χ1n) is 7.28. The van der Waals surface area contributed by atoms with Crippen molar-refractivity contribution in [3.8, 4) is 0 Å². The standard InChI is InChI=1S/C16H20Cl2N4/c1-4-5-8-22(3)15-9-11(2)19-16(21-15)20-14-10-12(17)6-7-13(14)18/h6-7,9-10H,4-5,8H2,1-3H3,(H,19,20,21). The van der Waals surface area contributed by atoms with Gasteiger partial charge in [-0.1, -0.05) is 36.5 Å². The van der Waals surface area contributed by atoms with E-state index < -0.39 is 0 Å². The Hall–Kier alpha value is -1.52. The van der Waals surface area contributed by atoms with Crippen molar-refractivity contribution in [2.24, 2.45) is 0 Å². The van der Waals surface area contributed by atoms with E-state index >= 15 is 0 Å². The van der Waals surface area contributed by atoms with Gasteiger partial charge in [-0.15, -0.1) is 0 Å². The van der Waals surface area contributed by atoms with Crippen molar-refractivity contribution in [3.05, 3.63) is 40.0 Å². The van der Waals surface area contributed by atoms with Crippen LogP contribution >= 0.6 is 23.2 Å². The highest BCUT2D eigenvalue weighted by molar-refractivity contribution is 6.35. The Labute approximate surface area is 141 Å². The molecule has 1 N–H and O–H groups in total. The molecule has 0 saturated heterocycles. The van der Waals surface area contributed by atoms with Gasteiger partial charge in [-0.2, -0.15) is 4.98 Å². The normalized spacial score (nSPS) is 10.6. The van der Waals surface area contributed by atoms with E-state index in [4.69, 9.17) is 23.2 Å². The van der Waals surface area contributed by atoms with Crippen molar-refractivity contribution in [3.63, 3.8) is 0 Å². The topological polar surface area (TPSA) is 41.1 Å². The van der Waals surface area contributed by atoms with Crippen LogP contribution in [0.5, 0.6) is 0 Å². The van der Waals surface area contributed by atoms with Gasteiger partial charge in [0.05, 0.1) is 10.7 Å². The average Bonchev–Trinajstić information content (AvgIpc) is 2.48. The molecular weight excluding hydrogens is 319 g/mol. The van der Waals surface area contributed by atoms with Crippen molar-refractivity contribution in [1.82, 2.24) is 9.97 Å². The van der Waals surface area contributed by atoms with E-state index in [9.17, 15) is 0 Å². The van der Waals surface area contributed by atoms with E-state index in [1.807, 2.05) is 20.0 Å². The predicted molar refractivity (Wildman–Crippen MR) is 94.7 cm³/mol. The van der Waals surface area contributed by atoms with Crippen LogP contribution in [0.1, 0.15) is 25.5 Å². The second-order valence-electron chi connectivity index (χ2n) is 5.22. The number of unbranched alkanes of at least 4 members (excludes halogenated alkanes) is 1. The summed E-state index contributed by atoms with van der Waals surface area (Å²) in [5, 5.41) is 4.33. The molecule has 0 unspecified atom stereocenters. The van der Waals surface area contributed by atoms with Crippen LogP contribution in [-0.4, -0.2) is 23.6 Å². The zero-order chi connectivity index (χ0) is 16.1. The van der Waals surface area contributed by atoms with E-state index in [1.54, 1.807) is 18.2 Å². The van der Waals surface area contributed by atoms with Crippen LogP contribution in [0, 0.1) is 6.92 Å². The Balaban J connectivity index is 2.24. The van der Waals surface area contributed by atoms with E-state index in [0.29, 0.717) is 21.7 Å². The Morgan fingerprint density at radius 2 is 1.95 bits per heavy atom. The van der Waals surface area contributed by atoms with Crippen LogP contribution < -0.4 is 10.2 Å². The van der Waals surface area contributed by atoms with E-state index in [2.05, 4.69) is 27.1 Å². The number of hydrogen-bond donors (Lipinski definition) is 1. The molecule has 1 aromatic heterocycles. The third-order valence-electron chi connectivity index (χ3n) is 3.25. The number of aromatic nitrogens is 2. The number of benzene rings is 1. The zero-order valence-corrected chi connectivity index (χ0v) is 14.5. The summed E-state index contributed by atoms with van der Waals surface area (Å²) in [5.41, 5.74) is 1.59. The second-order valence-corrected chi connectivity index (χ2v) is 6.06. The maximum absolute atomic E-state index is 6.17. The molecule has 0 amide bonds. The number of hydrogen-bond acceptors (Lipinski definition) is 4. The average molecular weight is 339 g/mol. The smallest absolute Gasteiger partial charge is 0.229 e. The van der Waals surface area contributed by atoms with Gasteiger partial charge < -0.3 is 10.2 Å². The highest BCUT2D eigenvalue weighted by Gasteiger charge is 2.09. The molecule has 2 rings (SSSR count). The number of nitrogens with zero attached hydrogens (tertiary/aromatic N) is 3. The Morgan fingerprint density at radius 1 is 1.18 bits per heavy atom. The third kappa shape index (κ3) is 4.49. The fraction of sp³-hybridized carbons (Fsp3) is 0.375. The van der Waals surface area contributed by atoms with Gasteiger partial charge >= 0.3 is 0 Å². The predicted octanol–water partition coefficient (Wildman–Crippen LogP) is 5.07. The van der Waals surface area contributed by atoms with Crippen LogP contribution in [0.2, 0.25) is 10.0 Å². The molecule has 2 aromatic rings. The first-order valence-corrected chi connectivity index (χ1v) is 8.04. The molecule has 0 spiro atoms. The largest absolute Gasteiger partial charge is 0.360 e. The summed E-state index contributed by atoms with van der Waals surface area (Å²) in [7, 11) is 2.04. The Bertz CT molecular complexity index is 646. The van der Waals surface area contributed by atoms with E-state index in [0.717, 1.165) is 30.9 Å². The van der Waals surface area contributed by atoms with Crippen molar-refractivity contribution in [2.75, 3.05) is 23.8 Å².